The van der Waals surface area contributed by atoms with E-state index < -0.39 is 18.1 Å². The van der Waals surface area contributed by atoms with Gasteiger partial charge in [-0.1, -0.05) is 13.8 Å². The number of carboxylic acids is 1. The molecule has 0 aliphatic carbocycles. The third-order valence-corrected chi connectivity index (χ3v) is 3.00. The van der Waals surface area contributed by atoms with Gasteiger partial charge in [0.2, 0.25) is 0 Å². The van der Waals surface area contributed by atoms with E-state index >= 15 is 0 Å². The van der Waals surface area contributed by atoms with Crippen molar-refractivity contribution in [1.29, 1.82) is 0 Å². The van der Waals surface area contributed by atoms with Crippen molar-refractivity contribution >= 4 is 23.6 Å². The Morgan fingerprint density at radius 3 is 2.38 bits per heavy atom. The van der Waals surface area contributed by atoms with Gasteiger partial charge in [-0.3, -0.25) is 4.79 Å². The number of hydrogen-bond donors (Lipinski definition) is 2. The minimum atomic E-state index is -1.24. The quantitative estimate of drug-likeness (QED) is 0.558. The SMILES string of the molecule is CSCC[C@H](NC(=O)[C@@H]([NH3+])C(C)C)C(=O)[O-]. The van der Waals surface area contributed by atoms with Gasteiger partial charge in [-0.15, -0.1) is 0 Å². The molecule has 4 N–H and O–H groups in total. The summed E-state index contributed by atoms with van der Waals surface area (Å²) < 4.78 is 0. The monoisotopic (exact) mass is 248 g/mol. The number of aliphatic carboxylic acids is 1. The maximum Gasteiger partial charge on any atom is 0.278 e. The van der Waals surface area contributed by atoms with Crippen LogP contribution in [0.4, 0.5) is 0 Å². The second-order valence-corrected chi connectivity index (χ2v) is 5.00. The first-order chi connectivity index (χ1) is 7.40. The summed E-state index contributed by atoms with van der Waals surface area (Å²) in [6.45, 7) is 3.74. The average molecular weight is 248 g/mol. The van der Waals surface area contributed by atoms with Crippen molar-refractivity contribution in [3.05, 3.63) is 0 Å². The third kappa shape index (κ3) is 5.37. The van der Waals surface area contributed by atoms with E-state index in [0.29, 0.717) is 12.2 Å². The highest BCUT2D eigenvalue weighted by Gasteiger charge is 2.23. The van der Waals surface area contributed by atoms with Crippen LogP contribution in [0.15, 0.2) is 0 Å². The summed E-state index contributed by atoms with van der Waals surface area (Å²) >= 11 is 1.53. The van der Waals surface area contributed by atoms with Crippen molar-refractivity contribution in [1.82, 2.24) is 5.32 Å². The lowest BCUT2D eigenvalue weighted by Crippen LogP contribution is -2.71. The molecule has 0 spiro atoms. The summed E-state index contributed by atoms with van der Waals surface area (Å²) in [7, 11) is 0. The van der Waals surface area contributed by atoms with Crippen molar-refractivity contribution in [3.63, 3.8) is 0 Å². The van der Waals surface area contributed by atoms with Crippen molar-refractivity contribution in [2.75, 3.05) is 12.0 Å². The number of quaternary nitrogens is 1. The largest absolute Gasteiger partial charge is 0.548 e. The number of thioether (sulfide) groups is 1. The molecule has 6 heteroatoms. The van der Waals surface area contributed by atoms with Crippen LogP contribution in [-0.4, -0.2) is 36.0 Å². The third-order valence-electron chi connectivity index (χ3n) is 2.35. The summed E-state index contributed by atoms with van der Waals surface area (Å²) in [4.78, 5) is 22.4. The van der Waals surface area contributed by atoms with Crippen LogP contribution in [-0.2, 0) is 9.59 Å². The van der Waals surface area contributed by atoms with Gasteiger partial charge in [-0.2, -0.15) is 11.8 Å². The van der Waals surface area contributed by atoms with Crippen molar-refractivity contribution in [2.45, 2.75) is 32.4 Å². The lowest BCUT2D eigenvalue weighted by molar-refractivity contribution is -0.414. The van der Waals surface area contributed by atoms with Gasteiger partial charge in [0.05, 0.1) is 12.0 Å². The molecule has 0 saturated carbocycles. The van der Waals surface area contributed by atoms with E-state index in [2.05, 4.69) is 11.1 Å². The molecule has 94 valence electrons. The van der Waals surface area contributed by atoms with E-state index in [0.717, 1.165) is 0 Å². The zero-order valence-electron chi connectivity index (χ0n) is 9.99. The standard InChI is InChI=1S/C10H20N2O3S/c1-6(2)8(11)9(13)12-7(10(14)15)4-5-16-3/h6-8H,4-5,11H2,1-3H3,(H,12,13)(H,14,15)/t7-,8-/m0/s1. The van der Waals surface area contributed by atoms with Crippen LogP contribution < -0.4 is 16.2 Å². The van der Waals surface area contributed by atoms with Crippen LogP contribution in [0, 0.1) is 5.92 Å². The highest BCUT2D eigenvalue weighted by Crippen LogP contribution is 2.02. The highest BCUT2D eigenvalue weighted by atomic mass is 32.2. The normalized spacial score (nSPS) is 14.6. The number of amides is 1. The fraction of sp³-hybridized carbons (Fsp3) is 0.800. The second kappa shape index (κ2) is 7.51. The van der Waals surface area contributed by atoms with Crippen LogP contribution in [0.3, 0.4) is 0 Å². The predicted molar refractivity (Wildman–Crippen MR) is 61.5 cm³/mol. The number of carbonyl (C=O) groups excluding carboxylic acids is 2. The number of carboxylic acid groups (broad SMARTS) is 1. The lowest BCUT2D eigenvalue weighted by Gasteiger charge is -2.21. The first-order valence-electron chi connectivity index (χ1n) is 5.23. The van der Waals surface area contributed by atoms with Crippen molar-refractivity contribution in [3.8, 4) is 0 Å². The van der Waals surface area contributed by atoms with Gasteiger partial charge in [-0.25, -0.2) is 0 Å². The molecular weight excluding hydrogens is 228 g/mol. The zero-order valence-corrected chi connectivity index (χ0v) is 10.8. The first kappa shape index (κ1) is 15.2. The fourth-order valence-corrected chi connectivity index (χ4v) is 1.54. The Labute approximate surface area is 100 Å². The average Bonchev–Trinajstić information content (AvgIpc) is 2.21. The van der Waals surface area contributed by atoms with E-state index in [-0.39, 0.29) is 11.8 Å². The Morgan fingerprint density at radius 1 is 1.44 bits per heavy atom. The Hall–Kier alpha value is -0.750. The van der Waals surface area contributed by atoms with E-state index in [1.807, 2.05) is 20.1 Å². The maximum absolute atomic E-state index is 11.6. The molecule has 0 unspecified atom stereocenters. The molecule has 0 aliphatic heterocycles. The van der Waals surface area contributed by atoms with Crippen LogP contribution in [0.5, 0.6) is 0 Å². The Bertz CT molecular complexity index is 246. The number of hydrogen-bond acceptors (Lipinski definition) is 4. The minimum absolute atomic E-state index is 0.0861. The second-order valence-electron chi connectivity index (χ2n) is 4.01. The molecule has 0 saturated heterocycles. The van der Waals surface area contributed by atoms with Gasteiger partial charge in [-0.05, 0) is 18.4 Å². The Morgan fingerprint density at radius 2 is 2.00 bits per heavy atom. The van der Waals surface area contributed by atoms with Crippen LogP contribution >= 0.6 is 11.8 Å². The van der Waals surface area contributed by atoms with Crippen LogP contribution in [0.25, 0.3) is 0 Å². The topological polar surface area (TPSA) is 96.9 Å². The number of rotatable bonds is 7. The van der Waals surface area contributed by atoms with Gasteiger partial charge >= 0.3 is 0 Å². The fourth-order valence-electron chi connectivity index (χ4n) is 1.07. The van der Waals surface area contributed by atoms with Gasteiger partial charge < -0.3 is 21.0 Å². The molecule has 0 aromatic heterocycles. The summed E-state index contributed by atoms with van der Waals surface area (Å²) in [5.74, 6) is -0.811. The van der Waals surface area contributed by atoms with E-state index in [1.165, 1.54) is 11.8 Å². The van der Waals surface area contributed by atoms with Crippen molar-refractivity contribution < 1.29 is 20.4 Å². The zero-order chi connectivity index (χ0) is 12.7. The van der Waals surface area contributed by atoms with Gasteiger partial charge in [0.25, 0.3) is 5.91 Å². The first-order valence-corrected chi connectivity index (χ1v) is 6.62. The minimum Gasteiger partial charge on any atom is -0.548 e. The summed E-state index contributed by atoms with van der Waals surface area (Å²) in [6, 6.07) is -1.35. The molecule has 0 aromatic rings. The molecule has 0 heterocycles. The van der Waals surface area contributed by atoms with Crippen LogP contribution in [0.2, 0.25) is 0 Å². The van der Waals surface area contributed by atoms with E-state index in [1.54, 1.807) is 0 Å². The molecule has 0 rings (SSSR count). The van der Waals surface area contributed by atoms with E-state index in [9.17, 15) is 14.7 Å². The Balaban J connectivity index is 4.28. The Kier molecular flexibility index (Phi) is 7.16. The predicted octanol–water partition coefficient (Wildman–Crippen LogP) is -1.76. The highest BCUT2D eigenvalue weighted by molar-refractivity contribution is 7.98. The van der Waals surface area contributed by atoms with Crippen LogP contribution in [0.1, 0.15) is 20.3 Å². The lowest BCUT2D eigenvalue weighted by atomic mass is 10.0. The van der Waals surface area contributed by atoms with Gasteiger partial charge in [0.15, 0.2) is 6.04 Å². The molecular formula is C10H20N2O3S. The molecule has 1 amide bonds. The van der Waals surface area contributed by atoms with Gasteiger partial charge in [0, 0.05) is 5.92 Å². The van der Waals surface area contributed by atoms with E-state index in [4.69, 9.17) is 0 Å². The maximum atomic E-state index is 11.6. The molecule has 0 aliphatic rings. The molecule has 0 fully saturated rings. The molecule has 0 aromatic carbocycles. The smallest absolute Gasteiger partial charge is 0.278 e. The summed E-state index contributed by atoms with van der Waals surface area (Å²) in [5.41, 5.74) is 3.70. The molecule has 16 heavy (non-hydrogen) atoms. The van der Waals surface area contributed by atoms with Crippen molar-refractivity contribution in [2.24, 2.45) is 5.92 Å². The molecule has 2 atom stereocenters. The molecule has 0 radical (unpaired) electrons. The summed E-state index contributed by atoms with van der Waals surface area (Å²) in [5, 5.41) is 13.2. The molecule has 0 bridgehead atoms. The summed E-state index contributed by atoms with van der Waals surface area (Å²) in [6.07, 6.45) is 2.26. The molecule has 5 nitrogen and oxygen atoms in total. The number of carbonyl (C=O) groups is 2. The van der Waals surface area contributed by atoms with Gasteiger partial charge in [0.1, 0.15) is 0 Å². The number of nitrogens with one attached hydrogen (secondary N) is 1.